The molecule has 1 spiro atoms. The van der Waals surface area contributed by atoms with Crippen LogP contribution in [-0.4, -0.2) is 77.1 Å². The largest absolute Gasteiger partial charge is 0.481 e. The number of aliphatic carboxylic acids is 1. The lowest BCUT2D eigenvalue weighted by Crippen LogP contribution is -2.41. The predicted octanol–water partition coefficient (Wildman–Crippen LogP) is 6.60. The first kappa shape index (κ1) is 31.5. The van der Waals surface area contributed by atoms with Crippen LogP contribution >= 0.6 is 22.9 Å². The molecule has 1 aromatic heterocycles. The van der Waals surface area contributed by atoms with E-state index < -0.39 is 11.8 Å². The fraction of sp³-hybridized carbons (Fsp3) is 0.514. The van der Waals surface area contributed by atoms with Crippen molar-refractivity contribution in [3.05, 3.63) is 63.7 Å². The average molecular weight is 668 g/mol. The molecule has 0 radical (unpaired) electrons. The molecule has 4 aliphatic rings. The quantitative estimate of drug-likeness (QED) is 0.267. The number of likely N-dealkylation sites (tertiary alicyclic amines) is 2. The van der Waals surface area contributed by atoms with Crippen LogP contribution in [0.5, 0.6) is 0 Å². The minimum absolute atomic E-state index is 0.0146. The lowest BCUT2D eigenvalue weighted by Gasteiger charge is -2.30. The van der Waals surface area contributed by atoms with Gasteiger partial charge in [0.1, 0.15) is 5.82 Å². The van der Waals surface area contributed by atoms with Crippen molar-refractivity contribution < 1.29 is 28.6 Å². The fourth-order valence-corrected chi connectivity index (χ4v) is 8.81. The maximum Gasteiger partial charge on any atom is 0.306 e. The summed E-state index contributed by atoms with van der Waals surface area (Å²) < 4.78 is 22.7. The number of carbonyl (C=O) groups excluding carboxylic acids is 2. The van der Waals surface area contributed by atoms with Crippen molar-refractivity contribution >= 4 is 56.5 Å². The van der Waals surface area contributed by atoms with Gasteiger partial charge in [0.2, 0.25) is 5.91 Å². The van der Waals surface area contributed by atoms with Gasteiger partial charge in [0.15, 0.2) is 0 Å². The highest BCUT2D eigenvalue weighted by Crippen LogP contribution is 2.53. The Hall–Kier alpha value is -3.05. The Morgan fingerprint density at radius 2 is 1.89 bits per heavy atom. The summed E-state index contributed by atoms with van der Waals surface area (Å²) >= 11 is 8.00. The maximum atomic E-state index is 15.5. The smallest absolute Gasteiger partial charge is 0.306 e. The summed E-state index contributed by atoms with van der Waals surface area (Å²) in [6.45, 7) is 3.07. The predicted molar refractivity (Wildman–Crippen MR) is 176 cm³/mol. The summed E-state index contributed by atoms with van der Waals surface area (Å²) in [6.07, 6.45) is 7.02. The molecule has 2 saturated carbocycles. The summed E-state index contributed by atoms with van der Waals surface area (Å²) in [5.41, 5.74) is 1.31. The van der Waals surface area contributed by atoms with Crippen LogP contribution in [0.4, 0.5) is 10.1 Å². The van der Waals surface area contributed by atoms with Crippen LogP contribution < -0.4 is 5.32 Å². The molecule has 2 atom stereocenters. The van der Waals surface area contributed by atoms with Crippen LogP contribution in [0.3, 0.4) is 0 Å². The molecule has 2 aromatic carbocycles. The lowest BCUT2D eigenvalue weighted by molar-refractivity contribution is -0.144. The zero-order valence-corrected chi connectivity index (χ0v) is 27.3. The molecule has 2 saturated heterocycles. The lowest BCUT2D eigenvalue weighted by atomic mass is 9.87. The van der Waals surface area contributed by atoms with Crippen molar-refractivity contribution in [2.75, 3.05) is 31.6 Å². The number of hydrogen-bond donors (Lipinski definition) is 2. The molecule has 3 heterocycles. The zero-order chi connectivity index (χ0) is 32.0. The molecule has 2 N–H and O–H groups in total. The van der Waals surface area contributed by atoms with Gasteiger partial charge in [0.05, 0.1) is 47.4 Å². The Morgan fingerprint density at radius 1 is 1.11 bits per heavy atom. The number of amides is 2. The molecule has 8 nitrogen and oxygen atoms in total. The second-order valence-corrected chi connectivity index (χ2v) is 15.0. The third-order valence-corrected chi connectivity index (χ3v) is 11.9. The third-order valence-electron chi connectivity index (χ3n) is 10.7. The monoisotopic (exact) mass is 667 g/mol. The highest BCUT2D eigenvalue weighted by molar-refractivity contribution is 7.17. The van der Waals surface area contributed by atoms with Gasteiger partial charge in [0, 0.05) is 34.6 Å². The van der Waals surface area contributed by atoms with E-state index in [2.05, 4.69) is 10.2 Å². The van der Waals surface area contributed by atoms with E-state index in [0.29, 0.717) is 49.8 Å². The summed E-state index contributed by atoms with van der Waals surface area (Å²) in [4.78, 5) is 42.6. The first-order chi connectivity index (χ1) is 22.2. The zero-order valence-electron chi connectivity index (χ0n) is 25.7. The number of ether oxygens (including phenoxy) is 1. The van der Waals surface area contributed by atoms with Crippen molar-refractivity contribution in [3.8, 4) is 0 Å². The van der Waals surface area contributed by atoms with Gasteiger partial charge in [-0.1, -0.05) is 29.8 Å². The molecule has 11 heteroatoms. The maximum absolute atomic E-state index is 15.5. The number of nitrogens with zero attached hydrogens (tertiary/aromatic N) is 2. The first-order valence-corrected chi connectivity index (χ1v) is 17.6. The Kier molecular flexibility index (Phi) is 8.82. The molecular weight excluding hydrogens is 629 g/mol. The van der Waals surface area contributed by atoms with Crippen molar-refractivity contribution in [2.45, 2.75) is 76.0 Å². The summed E-state index contributed by atoms with van der Waals surface area (Å²) in [5.74, 6) is -2.21. The standard InChI is InChI=1S/C35H39ClFN3O5S/c36-28-13-22(29(37)16-30(28)38-33(42)27-19-46-31-4-2-1-3-26(27)31)14-32(41)40-17-23(39-12-11-35(20-39)9-10-35)15-24(40)18-45-25-7-5-21(6-8-25)34(43)44/h1-4,13,16,19,21,23-25H,5-12,14-15,17-18,20H2,(H,38,42)(H,43,44)/t21-,23-,24-,25-/m0/s1. The molecule has 0 unspecified atom stereocenters. The molecule has 46 heavy (non-hydrogen) atoms. The van der Waals surface area contributed by atoms with E-state index in [4.69, 9.17) is 16.3 Å². The highest BCUT2D eigenvalue weighted by atomic mass is 35.5. The summed E-state index contributed by atoms with van der Waals surface area (Å²) in [6, 6.07) is 10.3. The molecule has 7 rings (SSSR count). The van der Waals surface area contributed by atoms with Crippen LogP contribution in [0.1, 0.15) is 67.3 Å². The minimum Gasteiger partial charge on any atom is -0.481 e. The Balaban J connectivity index is 1.02. The van der Waals surface area contributed by atoms with Gasteiger partial charge in [-0.15, -0.1) is 11.3 Å². The Bertz CT molecular complexity index is 1650. The van der Waals surface area contributed by atoms with Gasteiger partial charge < -0.3 is 20.1 Å². The molecule has 3 aromatic rings. The second-order valence-electron chi connectivity index (χ2n) is 13.7. The molecule has 2 aliphatic carbocycles. The fourth-order valence-electron chi connectivity index (χ4n) is 7.64. The van der Waals surface area contributed by atoms with Crippen LogP contribution in [0, 0.1) is 17.2 Å². The molecule has 4 fully saturated rings. The number of carbonyl (C=O) groups is 3. The van der Waals surface area contributed by atoms with Crippen molar-refractivity contribution in [3.63, 3.8) is 0 Å². The van der Waals surface area contributed by atoms with Gasteiger partial charge in [-0.25, -0.2) is 4.39 Å². The SMILES string of the molecule is O=C(Nc1cc(F)c(CC(=O)N2C[C@@H](N3CCC4(CC4)C3)C[C@H]2CO[C@H]2CC[C@H](C(=O)O)CC2)cc1Cl)c1csc2ccccc12. The van der Waals surface area contributed by atoms with E-state index in [1.807, 2.05) is 29.2 Å². The highest BCUT2D eigenvalue weighted by Gasteiger charge is 2.50. The number of nitrogens with one attached hydrogen (secondary N) is 1. The van der Waals surface area contributed by atoms with Crippen molar-refractivity contribution in [1.82, 2.24) is 9.80 Å². The van der Waals surface area contributed by atoms with Crippen molar-refractivity contribution in [2.24, 2.45) is 11.3 Å². The molecule has 0 bridgehead atoms. The van der Waals surface area contributed by atoms with Crippen LogP contribution in [0.25, 0.3) is 10.1 Å². The van der Waals surface area contributed by atoms with Gasteiger partial charge in [-0.3, -0.25) is 19.3 Å². The number of halogens is 2. The van der Waals surface area contributed by atoms with Gasteiger partial charge in [-0.2, -0.15) is 0 Å². The number of hydrogen-bond acceptors (Lipinski definition) is 6. The number of rotatable bonds is 9. The molecule has 2 amide bonds. The number of anilines is 1. The average Bonchev–Trinajstić information content (AvgIpc) is 3.36. The van der Waals surface area contributed by atoms with Crippen LogP contribution in [0.2, 0.25) is 5.02 Å². The van der Waals surface area contributed by atoms with E-state index in [9.17, 15) is 19.5 Å². The number of carboxylic acids is 1. The number of thiophene rings is 1. The van der Waals surface area contributed by atoms with E-state index in [-0.39, 0.29) is 58.6 Å². The topological polar surface area (TPSA) is 99.2 Å². The van der Waals surface area contributed by atoms with Gasteiger partial charge in [-0.05, 0) is 87.1 Å². The first-order valence-electron chi connectivity index (χ1n) is 16.3. The summed E-state index contributed by atoms with van der Waals surface area (Å²) in [5, 5.41) is 14.8. The minimum atomic E-state index is -0.744. The molecule has 2 aliphatic heterocycles. The summed E-state index contributed by atoms with van der Waals surface area (Å²) in [7, 11) is 0. The molecule has 244 valence electrons. The van der Waals surface area contributed by atoms with Gasteiger partial charge >= 0.3 is 5.97 Å². The van der Waals surface area contributed by atoms with E-state index in [1.54, 1.807) is 5.38 Å². The number of fused-ring (bicyclic) bond motifs is 1. The number of benzene rings is 2. The third kappa shape index (κ3) is 6.54. The van der Waals surface area contributed by atoms with Crippen molar-refractivity contribution in [1.29, 1.82) is 0 Å². The van der Waals surface area contributed by atoms with E-state index in [0.717, 1.165) is 29.6 Å². The van der Waals surface area contributed by atoms with E-state index in [1.165, 1.54) is 42.7 Å². The normalized spacial score (nSPS) is 25.7. The van der Waals surface area contributed by atoms with E-state index >= 15 is 4.39 Å². The van der Waals surface area contributed by atoms with Gasteiger partial charge in [0.25, 0.3) is 5.91 Å². The Labute approximate surface area is 276 Å². The number of carboxylic acid groups (broad SMARTS) is 1. The molecular formula is C35H39ClFN3O5S. The van der Waals surface area contributed by atoms with Crippen LogP contribution in [0.15, 0.2) is 41.8 Å². The van der Waals surface area contributed by atoms with Crippen LogP contribution in [-0.2, 0) is 20.7 Å². The second kappa shape index (κ2) is 12.9. The Morgan fingerprint density at radius 3 is 2.63 bits per heavy atom.